The van der Waals surface area contributed by atoms with Gasteiger partial charge >= 0.3 is 5.97 Å². The second kappa shape index (κ2) is 4.21. The van der Waals surface area contributed by atoms with Crippen LogP contribution in [0.1, 0.15) is 48.0 Å². The fourth-order valence-electron chi connectivity index (χ4n) is 2.21. The van der Waals surface area contributed by atoms with E-state index in [0.29, 0.717) is 12.0 Å². The highest BCUT2D eigenvalue weighted by Gasteiger charge is 2.29. The Bertz CT molecular complexity index is 404. The van der Waals surface area contributed by atoms with Crippen LogP contribution in [0.25, 0.3) is 0 Å². The highest BCUT2D eigenvalue weighted by Crippen LogP contribution is 2.39. The number of esters is 1. The van der Waals surface area contributed by atoms with Crippen LogP contribution >= 0.6 is 11.3 Å². The normalized spacial score (nSPS) is 17.9. The van der Waals surface area contributed by atoms with Crippen LogP contribution in [-0.4, -0.2) is 12.6 Å². The molecule has 0 bridgehead atoms. The molecule has 1 aromatic rings. The van der Waals surface area contributed by atoms with Gasteiger partial charge in [-0.3, -0.25) is 0 Å². The van der Waals surface area contributed by atoms with Crippen LogP contribution in [0.15, 0.2) is 5.38 Å². The highest BCUT2D eigenvalue weighted by molar-refractivity contribution is 7.10. The maximum Gasteiger partial charge on any atom is 0.339 e. The molecule has 1 aliphatic carbocycles. The third kappa shape index (κ3) is 2.14. The van der Waals surface area contributed by atoms with Crippen molar-refractivity contribution in [3.63, 3.8) is 0 Å². The Kier molecular flexibility index (Phi) is 3.06. The van der Waals surface area contributed by atoms with E-state index in [4.69, 9.17) is 4.74 Å². The van der Waals surface area contributed by atoms with Gasteiger partial charge in [0.1, 0.15) is 0 Å². The molecule has 1 heterocycles. The van der Waals surface area contributed by atoms with Crippen molar-refractivity contribution < 1.29 is 9.53 Å². The van der Waals surface area contributed by atoms with Gasteiger partial charge in [0.25, 0.3) is 0 Å². The van der Waals surface area contributed by atoms with E-state index in [1.165, 1.54) is 10.4 Å². The van der Waals surface area contributed by atoms with E-state index in [9.17, 15) is 4.79 Å². The van der Waals surface area contributed by atoms with Gasteiger partial charge in [0.15, 0.2) is 0 Å². The molecule has 3 heteroatoms. The van der Waals surface area contributed by atoms with E-state index in [2.05, 4.69) is 13.8 Å². The minimum atomic E-state index is -0.153. The minimum Gasteiger partial charge on any atom is -0.462 e. The summed E-state index contributed by atoms with van der Waals surface area (Å²) in [4.78, 5) is 13.1. The van der Waals surface area contributed by atoms with E-state index in [1.54, 1.807) is 11.3 Å². The zero-order valence-electron chi connectivity index (χ0n) is 10.1. The van der Waals surface area contributed by atoms with Crippen LogP contribution in [0, 0.1) is 5.41 Å². The molecule has 0 radical (unpaired) electrons. The molecule has 2 nitrogen and oxygen atoms in total. The predicted octanol–water partition coefficient (Wildman–Crippen LogP) is 3.44. The SMILES string of the molecule is CCOC(=O)c1csc2c1CCC(C)(C)C2. The van der Waals surface area contributed by atoms with E-state index < -0.39 is 0 Å². The highest BCUT2D eigenvalue weighted by atomic mass is 32.1. The standard InChI is InChI=1S/C13H18O2S/c1-4-15-12(14)10-8-16-11-7-13(2,3)6-5-9(10)11/h8H,4-7H2,1-3H3. The largest absolute Gasteiger partial charge is 0.462 e. The maximum absolute atomic E-state index is 11.7. The van der Waals surface area contributed by atoms with Crippen molar-refractivity contribution in [1.82, 2.24) is 0 Å². The van der Waals surface area contributed by atoms with Crippen molar-refractivity contribution >= 4 is 17.3 Å². The molecular weight excluding hydrogens is 220 g/mol. The van der Waals surface area contributed by atoms with Crippen LogP contribution in [0.5, 0.6) is 0 Å². The molecule has 0 amide bonds. The third-order valence-electron chi connectivity index (χ3n) is 3.17. The second-order valence-corrected chi connectivity index (χ2v) is 6.08. The number of hydrogen-bond acceptors (Lipinski definition) is 3. The van der Waals surface area contributed by atoms with Crippen molar-refractivity contribution in [1.29, 1.82) is 0 Å². The van der Waals surface area contributed by atoms with Gasteiger partial charge in [-0.05, 0) is 37.2 Å². The number of carbonyl (C=O) groups excluding carboxylic acids is 1. The van der Waals surface area contributed by atoms with Gasteiger partial charge in [-0.2, -0.15) is 0 Å². The molecule has 0 N–H and O–H groups in total. The lowest BCUT2D eigenvalue weighted by Gasteiger charge is -2.29. The van der Waals surface area contributed by atoms with Crippen molar-refractivity contribution in [2.24, 2.45) is 5.41 Å². The Labute approximate surface area is 101 Å². The van der Waals surface area contributed by atoms with Crippen LogP contribution in [0.2, 0.25) is 0 Å². The summed E-state index contributed by atoms with van der Waals surface area (Å²) in [7, 11) is 0. The monoisotopic (exact) mass is 238 g/mol. The van der Waals surface area contributed by atoms with E-state index >= 15 is 0 Å². The molecule has 1 aromatic heterocycles. The Morgan fingerprint density at radius 3 is 3.00 bits per heavy atom. The van der Waals surface area contributed by atoms with E-state index in [1.807, 2.05) is 12.3 Å². The fourth-order valence-corrected chi connectivity index (χ4v) is 3.54. The third-order valence-corrected chi connectivity index (χ3v) is 4.20. The molecule has 88 valence electrons. The first-order chi connectivity index (χ1) is 7.53. The average Bonchev–Trinajstić information content (AvgIpc) is 2.59. The van der Waals surface area contributed by atoms with Crippen molar-refractivity contribution in [2.45, 2.75) is 40.0 Å². The molecule has 0 saturated carbocycles. The molecule has 0 unspecified atom stereocenters. The number of hydrogen-bond donors (Lipinski definition) is 0. The number of ether oxygens (including phenoxy) is 1. The molecule has 0 aliphatic heterocycles. The van der Waals surface area contributed by atoms with Crippen LogP contribution < -0.4 is 0 Å². The topological polar surface area (TPSA) is 26.3 Å². The molecule has 2 rings (SSSR count). The first-order valence-corrected chi connectivity index (χ1v) is 6.68. The van der Waals surface area contributed by atoms with Crippen LogP contribution in [0.4, 0.5) is 0 Å². The van der Waals surface area contributed by atoms with Gasteiger partial charge in [-0.1, -0.05) is 13.8 Å². The number of carbonyl (C=O) groups is 1. The summed E-state index contributed by atoms with van der Waals surface area (Å²) < 4.78 is 5.07. The molecule has 0 atom stereocenters. The van der Waals surface area contributed by atoms with Gasteiger partial charge in [0.05, 0.1) is 12.2 Å². The Hall–Kier alpha value is -0.830. The molecule has 0 fully saturated rings. The molecule has 0 saturated heterocycles. The van der Waals surface area contributed by atoms with Crippen molar-refractivity contribution in [3.05, 3.63) is 21.4 Å². The summed E-state index contributed by atoms with van der Waals surface area (Å²) in [5.74, 6) is -0.153. The van der Waals surface area contributed by atoms with Crippen molar-refractivity contribution in [3.8, 4) is 0 Å². The summed E-state index contributed by atoms with van der Waals surface area (Å²) in [5.41, 5.74) is 2.42. The van der Waals surface area contributed by atoms with E-state index in [0.717, 1.165) is 24.8 Å². The van der Waals surface area contributed by atoms with Crippen molar-refractivity contribution in [2.75, 3.05) is 6.61 Å². The molecular formula is C13H18O2S. The molecule has 0 aromatic carbocycles. The quantitative estimate of drug-likeness (QED) is 0.738. The number of thiophene rings is 1. The minimum absolute atomic E-state index is 0.153. The second-order valence-electron chi connectivity index (χ2n) is 5.11. The number of fused-ring (bicyclic) bond motifs is 1. The summed E-state index contributed by atoms with van der Waals surface area (Å²) in [6.07, 6.45) is 3.26. The zero-order valence-corrected chi connectivity index (χ0v) is 10.9. The lowest BCUT2D eigenvalue weighted by molar-refractivity contribution is 0.0525. The Morgan fingerprint density at radius 2 is 2.31 bits per heavy atom. The van der Waals surface area contributed by atoms with Gasteiger partial charge in [0.2, 0.25) is 0 Å². The van der Waals surface area contributed by atoms with Crippen LogP contribution in [0.3, 0.4) is 0 Å². The lowest BCUT2D eigenvalue weighted by Crippen LogP contribution is -2.22. The smallest absolute Gasteiger partial charge is 0.339 e. The first kappa shape index (κ1) is 11.6. The average molecular weight is 238 g/mol. The van der Waals surface area contributed by atoms with Crippen LogP contribution in [-0.2, 0) is 17.6 Å². The first-order valence-electron chi connectivity index (χ1n) is 5.80. The number of rotatable bonds is 2. The van der Waals surface area contributed by atoms with Gasteiger partial charge < -0.3 is 4.74 Å². The maximum atomic E-state index is 11.7. The Morgan fingerprint density at radius 1 is 1.56 bits per heavy atom. The zero-order chi connectivity index (χ0) is 11.8. The fraction of sp³-hybridized carbons (Fsp3) is 0.615. The Balaban J connectivity index is 2.26. The summed E-state index contributed by atoms with van der Waals surface area (Å²) in [6, 6.07) is 0. The lowest BCUT2D eigenvalue weighted by atomic mass is 9.77. The van der Waals surface area contributed by atoms with Gasteiger partial charge in [0, 0.05) is 10.3 Å². The van der Waals surface area contributed by atoms with Gasteiger partial charge in [-0.25, -0.2) is 4.79 Å². The molecule has 1 aliphatic rings. The van der Waals surface area contributed by atoms with Gasteiger partial charge in [-0.15, -0.1) is 11.3 Å². The summed E-state index contributed by atoms with van der Waals surface area (Å²) in [5, 5.41) is 1.96. The predicted molar refractivity (Wildman–Crippen MR) is 66.1 cm³/mol. The molecule has 16 heavy (non-hydrogen) atoms. The summed E-state index contributed by atoms with van der Waals surface area (Å²) in [6.45, 7) is 6.88. The van der Waals surface area contributed by atoms with E-state index in [-0.39, 0.29) is 5.97 Å². The summed E-state index contributed by atoms with van der Waals surface area (Å²) >= 11 is 1.71. The molecule has 0 spiro atoms.